The molecule has 0 spiro atoms. The molecule has 0 saturated carbocycles. The Balaban J connectivity index is 1.35. The predicted octanol–water partition coefficient (Wildman–Crippen LogP) is 2.70. The molecule has 0 aliphatic carbocycles. The quantitative estimate of drug-likeness (QED) is 0.640. The average Bonchev–Trinajstić information content (AvgIpc) is 3.35. The van der Waals surface area contributed by atoms with Crippen molar-refractivity contribution in [1.29, 1.82) is 0 Å². The number of amides is 1. The molecular weight excluding hydrogens is 434 g/mol. The third-order valence-corrected chi connectivity index (χ3v) is 9.29. The minimum absolute atomic E-state index is 0.0459. The van der Waals surface area contributed by atoms with Gasteiger partial charge in [0.1, 0.15) is 4.21 Å². The molecule has 9 heteroatoms. The molecule has 0 N–H and O–H groups in total. The average molecular weight is 462 g/mol. The monoisotopic (exact) mass is 461 g/mol. The number of Topliss-reactive ketones (excluding diaryl/α,β-unsaturated/α-hetero) is 1. The van der Waals surface area contributed by atoms with E-state index in [2.05, 4.69) is 4.90 Å². The SMILES string of the molecule is CC(=O)c1ccc(N2CCN(C(=O)[C@H]3CCCN(S(=O)(=O)c4cccs4)C3)CC2)cc1. The zero-order valence-electron chi connectivity index (χ0n) is 17.6. The van der Waals surface area contributed by atoms with E-state index in [4.69, 9.17) is 0 Å². The van der Waals surface area contributed by atoms with Crippen LogP contribution in [0, 0.1) is 5.92 Å². The van der Waals surface area contributed by atoms with Crippen molar-refractivity contribution >= 4 is 38.7 Å². The number of ketones is 1. The standard InChI is InChI=1S/C22H27N3O4S2/c1-17(26)18-6-8-20(9-7-18)23-11-13-24(14-12-23)22(27)19-4-2-10-25(16-19)31(28,29)21-5-3-15-30-21/h3,5-9,15,19H,2,4,10-14,16H2,1H3/t19-/m0/s1. The molecule has 1 aromatic heterocycles. The van der Waals surface area contributed by atoms with E-state index in [1.54, 1.807) is 24.4 Å². The summed E-state index contributed by atoms with van der Waals surface area (Å²) in [5.74, 6) is -0.188. The number of piperazine rings is 1. The van der Waals surface area contributed by atoms with Crippen LogP contribution in [0.3, 0.4) is 0 Å². The van der Waals surface area contributed by atoms with Gasteiger partial charge in [0.2, 0.25) is 5.91 Å². The fourth-order valence-electron chi connectivity index (χ4n) is 4.25. The summed E-state index contributed by atoms with van der Waals surface area (Å²) >= 11 is 1.21. The van der Waals surface area contributed by atoms with Gasteiger partial charge in [-0.25, -0.2) is 8.42 Å². The molecule has 4 rings (SSSR count). The summed E-state index contributed by atoms with van der Waals surface area (Å²) in [6, 6.07) is 10.9. The highest BCUT2D eigenvalue weighted by Crippen LogP contribution is 2.28. The van der Waals surface area contributed by atoms with Crippen molar-refractivity contribution < 1.29 is 18.0 Å². The molecule has 2 aliphatic heterocycles. The first-order valence-electron chi connectivity index (χ1n) is 10.5. The smallest absolute Gasteiger partial charge is 0.252 e. The van der Waals surface area contributed by atoms with Gasteiger partial charge in [0, 0.05) is 50.5 Å². The summed E-state index contributed by atoms with van der Waals surface area (Å²) in [7, 11) is -3.52. The first-order chi connectivity index (χ1) is 14.9. The molecule has 2 fully saturated rings. The third-order valence-electron chi connectivity index (χ3n) is 6.05. The fourth-order valence-corrected chi connectivity index (χ4v) is 6.92. The molecule has 0 radical (unpaired) electrons. The number of carbonyl (C=O) groups is 2. The van der Waals surface area contributed by atoms with Crippen LogP contribution in [0.1, 0.15) is 30.1 Å². The number of hydrogen-bond donors (Lipinski definition) is 0. The third kappa shape index (κ3) is 4.68. The van der Waals surface area contributed by atoms with Crippen LogP contribution in [0.5, 0.6) is 0 Å². The molecule has 7 nitrogen and oxygen atoms in total. The van der Waals surface area contributed by atoms with Crippen molar-refractivity contribution in [2.45, 2.75) is 24.0 Å². The highest BCUT2D eigenvalue weighted by atomic mass is 32.2. The van der Waals surface area contributed by atoms with E-state index in [1.165, 1.54) is 15.6 Å². The maximum Gasteiger partial charge on any atom is 0.252 e. The van der Waals surface area contributed by atoms with Gasteiger partial charge in [-0.05, 0) is 55.5 Å². The Morgan fingerprint density at radius 2 is 1.71 bits per heavy atom. The van der Waals surface area contributed by atoms with Crippen molar-refractivity contribution in [2.75, 3.05) is 44.2 Å². The topological polar surface area (TPSA) is 78.0 Å². The maximum atomic E-state index is 13.1. The molecule has 2 aromatic rings. The van der Waals surface area contributed by atoms with Crippen LogP contribution in [-0.4, -0.2) is 68.6 Å². The number of rotatable bonds is 5. The summed E-state index contributed by atoms with van der Waals surface area (Å²) in [6.07, 6.45) is 1.42. The molecule has 0 bridgehead atoms. The number of thiophene rings is 1. The lowest BCUT2D eigenvalue weighted by atomic mass is 9.97. The van der Waals surface area contributed by atoms with Gasteiger partial charge in [0.25, 0.3) is 10.0 Å². The zero-order chi connectivity index (χ0) is 22.0. The van der Waals surface area contributed by atoms with Crippen molar-refractivity contribution in [3.63, 3.8) is 0 Å². The number of benzene rings is 1. The lowest BCUT2D eigenvalue weighted by Crippen LogP contribution is -2.53. The highest BCUT2D eigenvalue weighted by molar-refractivity contribution is 7.91. The highest BCUT2D eigenvalue weighted by Gasteiger charge is 2.36. The Bertz CT molecular complexity index is 1030. The summed E-state index contributed by atoms with van der Waals surface area (Å²) in [5.41, 5.74) is 1.74. The van der Waals surface area contributed by atoms with Crippen molar-refractivity contribution in [3.8, 4) is 0 Å². The Hall–Kier alpha value is -2.23. The fraction of sp³-hybridized carbons (Fsp3) is 0.455. The number of carbonyl (C=O) groups excluding carboxylic acids is 2. The number of nitrogens with zero attached hydrogens (tertiary/aromatic N) is 3. The molecule has 0 unspecified atom stereocenters. The second kappa shape index (κ2) is 9.10. The lowest BCUT2D eigenvalue weighted by Gasteiger charge is -2.39. The summed E-state index contributed by atoms with van der Waals surface area (Å²) in [4.78, 5) is 28.7. The van der Waals surface area contributed by atoms with Crippen LogP contribution in [0.15, 0.2) is 46.0 Å². The molecule has 166 valence electrons. The van der Waals surface area contributed by atoms with E-state index in [-0.39, 0.29) is 24.2 Å². The van der Waals surface area contributed by atoms with E-state index in [9.17, 15) is 18.0 Å². The molecule has 3 heterocycles. The first kappa shape index (κ1) is 22.0. The van der Waals surface area contributed by atoms with Gasteiger partial charge < -0.3 is 9.80 Å². The second-order valence-corrected chi connectivity index (χ2v) is 11.2. The van der Waals surface area contributed by atoms with Crippen LogP contribution < -0.4 is 4.90 Å². The maximum absolute atomic E-state index is 13.1. The van der Waals surface area contributed by atoms with E-state index >= 15 is 0 Å². The molecule has 1 atom stereocenters. The number of sulfonamides is 1. The second-order valence-electron chi connectivity index (χ2n) is 8.05. The van der Waals surface area contributed by atoms with E-state index in [0.717, 1.165) is 25.2 Å². The number of hydrogen-bond acceptors (Lipinski definition) is 6. The Kier molecular flexibility index (Phi) is 6.45. The number of anilines is 1. The van der Waals surface area contributed by atoms with Crippen molar-refractivity contribution in [2.24, 2.45) is 5.92 Å². The van der Waals surface area contributed by atoms with Crippen LogP contribution in [0.4, 0.5) is 5.69 Å². The minimum Gasteiger partial charge on any atom is -0.368 e. The molecule has 1 aromatic carbocycles. The van der Waals surface area contributed by atoms with Gasteiger partial charge in [-0.1, -0.05) is 6.07 Å². The largest absolute Gasteiger partial charge is 0.368 e. The first-order valence-corrected chi connectivity index (χ1v) is 12.9. The van der Waals surface area contributed by atoms with Crippen LogP contribution in [-0.2, 0) is 14.8 Å². The van der Waals surface area contributed by atoms with E-state index < -0.39 is 10.0 Å². The van der Waals surface area contributed by atoms with Crippen molar-refractivity contribution in [1.82, 2.24) is 9.21 Å². The molecule has 2 saturated heterocycles. The van der Waals surface area contributed by atoms with Gasteiger partial charge in [-0.2, -0.15) is 4.31 Å². The molecule has 1 amide bonds. The van der Waals surface area contributed by atoms with Gasteiger partial charge in [0.15, 0.2) is 5.78 Å². The Morgan fingerprint density at radius 1 is 1.00 bits per heavy atom. The van der Waals surface area contributed by atoms with Crippen LogP contribution in [0.2, 0.25) is 0 Å². The van der Waals surface area contributed by atoms with E-state index in [0.29, 0.717) is 35.8 Å². The lowest BCUT2D eigenvalue weighted by molar-refractivity contribution is -0.137. The number of piperidine rings is 1. The Morgan fingerprint density at radius 3 is 2.32 bits per heavy atom. The molecule has 2 aliphatic rings. The Labute approximate surface area is 187 Å². The molecular formula is C22H27N3O4S2. The predicted molar refractivity (Wildman–Crippen MR) is 121 cm³/mol. The van der Waals surface area contributed by atoms with Gasteiger partial charge in [-0.3, -0.25) is 9.59 Å². The van der Waals surface area contributed by atoms with Crippen LogP contribution in [0.25, 0.3) is 0 Å². The van der Waals surface area contributed by atoms with Crippen LogP contribution >= 0.6 is 11.3 Å². The summed E-state index contributed by atoms with van der Waals surface area (Å²) in [5, 5.41) is 1.76. The van der Waals surface area contributed by atoms with Gasteiger partial charge in [0.05, 0.1) is 5.92 Å². The van der Waals surface area contributed by atoms with E-state index in [1.807, 2.05) is 29.2 Å². The van der Waals surface area contributed by atoms with Gasteiger partial charge in [-0.15, -0.1) is 11.3 Å². The zero-order valence-corrected chi connectivity index (χ0v) is 19.2. The van der Waals surface area contributed by atoms with Crippen molar-refractivity contribution in [3.05, 3.63) is 47.3 Å². The summed E-state index contributed by atoms with van der Waals surface area (Å²) in [6.45, 7) is 4.93. The van der Waals surface area contributed by atoms with Gasteiger partial charge >= 0.3 is 0 Å². The molecule has 31 heavy (non-hydrogen) atoms. The summed E-state index contributed by atoms with van der Waals surface area (Å²) < 4.78 is 27.5. The minimum atomic E-state index is -3.52. The normalized spacial score (nSPS) is 20.6.